The predicted octanol–water partition coefficient (Wildman–Crippen LogP) is 2.59. The fourth-order valence-electron chi connectivity index (χ4n) is 2.07. The summed E-state index contributed by atoms with van der Waals surface area (Å²) < 4.78 is 5.32. The van der Waals surface area contributed by atoms with Gasteiger partial charge in [0.25, 0.3) is 0 Å². The average Bonchev–Trinajstić information content (AvgIpc) is 2.84. The molecule has 120 valence electrons. The van der Waals surface area contributed by atoms with Crippen LogP contribution in [-0.4, -0.2) is 39.9 Å². The van der Waals surface area contributed by atoms with Crippen LogP contribution >= 0.6 is 11.8 Å². The minimum absolute atomic E-state index is 0.292. The van der Waals surface area contributed by atoms with E-state index in [4.69, 9.17) is 4.74 Å². The quantitative estimate of drug-likeness (QED) is 0.894. The number of aliphatic hydroxyl groups is 1. The third kappa shape index (κ3) is 5.35. The van der Waals surface area contributed by atoms with Gasteiger partial charge in [0.05, 0.1) is 11.1 Å². The largest absolute Gasteiger partial charge is 0.444 e. The highest BCUT2D eigenvalue weighted by Crippen LogP contribution is 2.21. The van der Waals surface area contributed by atoms with E-state index < -0.39 is 17.9 Å². The summed E-state index contributed by atoms with van der Waals surface area (Å²) in [7, 11) is 0. The molecule has 0 bridgehead atoms. The number of thioether (sulfide) groups is 1. The van der Waals surface area contributed by atoms with Crippen molar-refractivity contribution in [1.29, 1.82) is 0 Å². The Morgan fingerprint density at radius 2 is 2.14 bits per heavy atom. The maximum Gasteiger partial charge on any atom is 0.408 e. The molecule has 0 aromatic heterocycles. The number of carbonyl (C=O) groups is 1. The van der Waals surface area contributed by atoms with E-state index in [1.165, 1.54) is 11.8 Å². The summed E-state index contributed by atoms with van der Waals surface area (Å²) in [5.41, 5.74) is 0.541. The summed E-state index contributed by atoms with van der Waals surface area (Å²) in [6.45, 7) is 5.47. The molecule has 2 atom stereocenters. The minimum atomic E-state index is -0.696. The van der Waals surface area contributed by atoms with Crippen LogP contribution < -0.4 is 5.32 Å². The van der Waals surface area contributed by atoms with Gasteiger partial charge in [0.15, 0.2) is 6.23 Å². The van der Waals surface area contributed by atoms with Gasteiger partial charge in [-0.2, -0.15) is 0 Å². The van der Waals surface area contributed by atoms with Crippen LogP contribution in [0.15, 0.2) is 35.3 Å². The lowest BCUT2D eigenvalue weighted by Gasteiger charge is -2.23. The van der Waals surface area contributed by atoms with Crippen LogP contribution in [0.1, 0.15) is 26.3 Å². The molecule has 0 aliphatic carbocycles. The van der Waals surface area contributed by atoms with Gasteiger partial charge in [-0.05, 0) is 32.8 Å². The number of nitrogens with zero attached hydrogens (tertiary/aromatic N) is 1. The van der Waals surface area contributed by atoms with Crippen LogP contribution in [0.25, 0.3) is 0 Å². The lowest BCUT2D eigenvalue weighted by Crippen LogP contribution is -2.43. The molecule has 1 aromatic rings. The molecule has 1 unspecified atom stereocenters. The first-order valence-corrected chi connectivity index (χ1v) is 8.24. The van der Waals surface area contributed by atoms with Crippen molar-refractivity contribution >= 4 is 22.9 Å². The highest BCUT2D eigenvalue weighted by Gasteiger charge is 2.27. The van der Waals surface area contributed by atoms with E-state index >= 15 is 0 Å². The normalized spacial score (nSPS) is 19.5. The molecular weight excluding hydrogens is 300 g/mol. The van der Waals surface area contributed by atoms with Crippen LogP contribution in [0.5, 0.6) is 0 Å². The number of amides is 1. The highest BCUT2D eigenvalue weighted by atomic mass is 32.2. The van der Waals surface area contributed by atoms with Gasteiger partial charge < -0.3 is 15.2 Å². The first-order chi connectivity index (χ1) is 10.3. The SMILES string of the molecule is CC(C)(C)OC(=O)N[C@@H](Cc1ccccc1)C1=NC(O)CS1. The van der Waals surface area contributed by atoms with Crippen LogP contribution in [0, 0.1) is 0 Å². The maximum atomic E-state index is 12.0. The molecule has 0 saturated carbocycles. The Balaban J connectivity index is 2.08. The van der Waals surface area contributed by atoms with Gasteiger partial charge in [-0.15, -0.1) is 11.8 Å². The van der Waals surface area contributed by atoms with Crippen molar-refractivity contribution in [3.8, 4) is 0 Å². The monoisotopic (exact) mass is 322 g/mol. The summed E-state index contributed by atoms with van der Waals surface area (Å²) in [5, 5.41) is 13.2. The summed E-state index contributed by atoms with van der Waals surface area (Å²) >= 11 is 1.47. The minimum Gasteiger partial charge on any atom is -0.444 e. The molecule has 0 fully saturated rings. The molecule has 0 saturated heterocycles. The first-order valence-electron chi connectivity index (χ1n) is 7.25. The molecule has 5 nitrogen and oxygen atoms in total. The van der Waals surface area contributed by atoms with Crippen LogP contribution in [-0.2, 0) is 11.2 Å². The van der Waals surface area contributed by atoms with Crippen molar-refractivity contribution in [2.24, 2.45) is 4.99 Å². The van der Waals surface area contributed by atoms with Gasteiger partial charge in [0.2, 0.25) is 0 Å². The molecule has 1 aliphatic heterocycles. The number of alkyl carbamates (subject to hydrolysis) is 1. The van der Waals surface area contributed by atoms with Crippen molar-refractivity contribution in [2.75, 3.05) is 5.75 Å². The van der Waals surface area contributed by atoms with E-state index in [2.05, 4.69) is 10.3 Å². The van der Waals surface area contributed by atoms with E-state index in [0.717, 1.165) is 10.6 Å². The van der Waals surface area contributed by atoms with E-state index in [1.54, 1.807) is 0 Å². The van der Waals surface area contributed by atoms with E-state index in [1.807, 2.05) is 51.1 Å². The number of aliphatic hydroxyl groups excluding tert-OH is 1. The zero-order chi connectivity index (χ0) is 16.2. The number of rotatable bonds is 4. The zero-order valence-electron chi connectivity index (χ0n) is 13.1. The Bertz CT molecular complexity index is 540. The zero-order valence-corrected chi connectivity index (χ0v) is 13.9. The van der Waals surface area contributed by atoms with Crippen LogP contribution in [0.4, 0.5) is 4.79 Å². The molecular formula is C16H22N2O3S. The molecule has 2 N–H and O–H groups in total. The number of hydrogen-bond donors (Lipinski definition) is 2. The van der Waals surface area contributed by atoms with Crippen molar-refractivity contribution < 1.29 is 14.6 Å². The molecule has 6 heteroatoms. The Morgan fingerprint density at radius 1 is 1.45 bits per heavy atom. The Kier molecular flexibility index (Phi) is 5.47. The second-order valence-electron chi connectivity index (χ2n) is 6.15. The van der Waals surface area contributed by atoms with Crippen molar-refractivity contribution in [1.82, 2.24) is 5.32 Å². The summed E-state index contributed by atoms with van der Waals surface area (Å²) in [4.78, 5) is 16.2. The van der Waals surface area contributed by atoms with Gasteiger partial charge >= 0.3 is 6.09 Å². The second kappa shape index (κ2) is 7.15. The topological polar surface area (TPSA) is 70.9 Å². The summed E-state index contributed by atoms with van der Waals surface area (Å²) in [5.74, 6) is 0.524. The van der Waals surface area contributed by atoms with Gasteiger partial charge in [0, 0.05) is 5.75 Å². The molecule has 1 amide bonds. The van der Waals surface area contributed by atoms with Gasteiger partial charge in [-0.3, -0.25) is 0 Å². The molecule has 1 aliphatic rings. The number of nitrogens with one attached hydrogen (secondary N) is 1. The molecule has 22 heavy (non-hydrogen) atoms. The number of benzene rings is 1. The van der Waals surface area contributed by atoms with E-state index in [0.29, 0.717) is 12.2 Å². The number of aliphatic imine (C=N–C) groups is 1. The fraction of sp³-hybridized carbons (Fsp3) is 0.500. The summed E-state index contributed by atoms with van der Waals surface area (Å²) in [6.07, 6.45) is -0.560. The average molecular weight is 322 g/mol. The number of hydrogen-bond acceptors (Lipinski definition) is 5. The number of ether oxygens (including phenoxy) is 1. The Labute approximate surface area is 135 Å². The molecule has 0 radical (unpaired) electrons. The second-order valence-corrected chi connectivity index (χ2v) is 7.19. The third-order valence-corrected chi connectivity index (χ3v) is 4.08. The maximum absolute atomic E-state index is 12.0. The van der Waals surface area contributed by atoms with Gasteiger partial charge in [-0.25, -0.2) is 9.79 Å². The fourth-order valence-corrected chi connectivity index (χ4v) is 3.01. The van der Waals surface area contributed by atoms with Crippen LogP contribution in [0.2, 0.25) is 0 Å². The molecule has 1 heterocycles. The van der Waals surface area contributed by atoms with Gasteiger partial charge in [0.1, 0.15) is 5.60 Å². The van der Waals surface area contributed by atoms with Crippen molar-refractivity contribution in [3.63, 3.8) is 0 Å². The lowest BCUT2D eigenvalue weighted by molar-refractivity contribution is 0.0518. The smallest absolute Gasteiger partial charge is 0.408 e. The van der Waals surface area contributed by atoms with Crippen molar-refractivity contribution in [2.45, 2.75) is 45.1 Å². The molecule has 0 spiro atoms. The number of carbonyl (C=O) groups excluding carboxylic acids is 1. The Morgan fingerprint density at radius 3 is 2.68 bits per heavy atom. The molecule has 1 aromatic carbocycles. The first kappa shape index (κ1) is 16.8. The van der Waals surface area contributed by atoms with E-state index in [-0.39, 0.29) is 6.04 Å². The van der Waals surface area contributed by atoms with E-state index in [9.17, 15) is 9.90 Å². The third-order valence-electron chi connectivity index (χ3n) is 2.93. The van der Waals surface area contributed by atoms with Gasteiger partial charge in [-0.1, -0.05) is 30.3 Å². The summed E-state index contributed by atoms with van der Waals surface area (Å²) in [6, 6.07) is 9.57. The predicted molar refractivity (Wildman–Crippen MR) is 89.2 cm³/mol. The Hall–Kier alpha value is -1.53. The van der Waals surface area contributed by atoms with Crippen molar-refractivity contribution in [3.05, 3.63) is 35.9 Å². The lowest BCUT2D eigenvalue weighted by atomic mass is 10.1. The molecule has 2 rings (SSSR count). The van der Waals surface area contributed by atoms with Crippen LogP contribution in [0.3, 0.4) is 0 Å². The standard InChI is InChI=1S/C16H22N2O3S/c1-16(2,3)21-15(20)17-12(14-18-13(19)10-22-14)9-11-7-5-4-6-8-11/h4-8,12-13,19H,9-10H2,1-3H3,(H,17,20)/t12-,13?/m0/s1. The highest BCUT2D eigenvalue weighted by molar-refractivity contribution is 8.14.